The van der Waals surface area contributed by atoms with Crippen molar-refractivity contribution in [3.63, 3.8) is 0 Å². The molecule has 2 saturated carbocycles. The summed E-state index contributed by atoms with van der Waals surface area (Å²) in [5, 5.41) is 4.09. The predicted molar refractivity (Wildman–Crippen MR) is 86.2 cm³/mol. The second-order valence-electron chi connectivity index (χ2n) is 7.57. The van der Waals surface area contributed by atoms with E-state index in [4.69, 9.17) is 14.0 Å². The topological polar surface area (TPSA) is 47.7 Å². The van der Waals surface area contributed by atoms with Crippen molar-refractivity contribution >= 4 is 0 Å². The molecule has 5 heteroatoms. The maximum absolute atomic E-state index is 6.05. The molecule has 1 aromatic heterocycles. The smallest absolute Gasteiger partial charge is 0.138 e. The van der Waals surface area contributed by atoms with Crippen molar-refractivity contribution in [2.75, 3.05) is 26.4 Å². The Bertz CT molecular complexity index is 521. The van der Waals surface area contributed by atoms with E-state index in [-0.39, 0.29) is 0 Å². The Morgan fingerprint density at radius 1 is 1.17 bits per heavy atom. The standard InChI is InChI=1S/C18H28N2O3/c1-12-16(13(2)23-19-12)9-20-5-6-22-18-8-15(7-17(18)20)11-21-10-14-3-4-14/h14-15,17-18H,3-11H2,1-2H3/t15-,17+,18-/m1/s1. The zero-order valence-electron chi connectivity index (χ0n) is 14.3. The van der Waals surface area contributed by atoms with Crippen LogP contribution in [0.15, 0.2) is 4.52 Å². The van der Waals surface area contributed by atoms with Crippen LogP contribution in [0.2, 0.25) is 0 Å². The van der Waals surface area contributed by atoms with E-state index in [1.807, 2.05) is 13.8 Å². The van der Waals surface area contributed by atoms with Gasteiger partial charge in [0.1, 0.15) is 5.76 Å². The number of fused-ring (bicyclic) bond motifs is 1. The molecular weight excluding hydrogens is 292 g/mol. The SMILES string of the molecule is Cc1noc(C)c1CN1CCO[C@@H]2C[C@H](COCC3CC3)C[C@@H]21. The minimum atomic E-state index is 0.374. The van der Waals surface area contributed by atoms with Gasteiger partial charge >= 0.3 is 0 Å². The van der Waals surface area contributed by atoms with Crippen LogP contribution < -0.4 is 0 Å². The van der Waals surface area contributed by atoms with E-state index in [0.717, 1.165) is 56.7 Å². The molecule has 1 saturated heterocycles. The maximum atomic E-state index is 6.05. The summed E-state index contributed by atoms with van der Waals surface area (Å²) in [6.07, 6.45) is 5.44. The molecular formula is C18H28N2O3. The number of hydrogen-bond donors (Lipinski definition) is 0. The molecule has 3 fully saturated rings. The minimum absolute atomic E-state index is 0.374. The van der Waals surface area contributed by atoms with Gasteiger partial charge < -0.3 is 14.0 Å². The summed E-state index contributed by atoms with van der Waals surface area (Å²) in [6, 6.07) is 0.520. The van der Waals surface area contributed by atoms with Crippen molar-refractivity contribution in [2.45, 2.75) is 58.2 Å². The number of rotatable bonds is 6. The van der Waals surface area contributed by atoms with Gasteiger partial charge in [0.2, 0.25) is 0 Å². The van der Waals surface area contributed by atoms with Crippen LogP contribution in [-0.4, -0.2) is 48.6 Å². The molecule has 0 unspecified atom stereocenters. The summed E-state index contributed by atoms with van der Waals surface area (Å²) >= 11 is 0. The van der Waals surface area contributed by atoms with Crippen molar-refractivity contribution < 1.29 is 14.0 Å². The number of nitrogens with zero attached hydrogens (tertiary/aromatic N) is 2. The second kappa shape index (κ2) is 6.54. The van der Waals surface area contributed by atoms with Crippen molar-refractivity contribution in [2.24, 2.45) is 11.8 Å². The van der Waals surface area contributed by atoms with Gasteiger partial charge in [-0.2, -0.15) is 0 Å². The highest BCUT2D eigenvalue weighted by Crippen LogP contribution is 2.36. The molecule has 23 heavy (non-hydrogen) atoms. The van der Waals surface area contributed by atoms with Crippen LogP contribution in [0.25, 0.3) is 0 Å². The van der Waals surface area contributed by atoms with Gasteiger partial charge in [0.05, 0.1) is 18.4 Å². The Hall–Kier alpha value is -0.910. The fourth-order valence-corrected chi connectivity index (χ4v) is 4.07. The van der Waals surface area contributed by atoms with Crippen LogP contribution in [0, 0.1) is 25.7 Å². The van der Waals surface area contributed by atoms with E-state index in [1.54, 1.807) is 0 Å². The summed E-state index contributed by atoms with van der Waals surface area (Å²) in [4.78, 5) is 2.57. The van der Waals surface area contributed by atoms with E-state index in [1.165, 1.54) is 24.8 Å². The van der Waals surface area contributed by atoms with Gasteiger partial charge in [-0.1, -0.05) is 5.16 Å². The van der Waals surface area contributed by atoms with E-state index in [0.29, 0.717) is 18.1 Å². The first-order valence-corrected chi connectivity index (χ1v) is 9.06. The molecule has 0 aromatic carbocycles. The lowest BCUT2D eigenvalue weighted by Gasteiger charge is -2.37. The molecule has 4 rings (SSSR count). The molecule has 0 radical (unpaired) electrons. The first-order valence-electron chi connectivity index (χ1n) is 9.06. The van der Waals surface area contributed by atoms with Gasteiger partial charge in [0.25, 0.3) is 0 Å². The van der Waals surface area contributed by atoms with Crippen LogP contribution in [0.4, 0.5) is 0 Å². The number of ether oxygens (including phenoxy) is 2. The quantitative estimate of drug-likeness (QED) is 0.806. The van der Waals surface area contributed by atoms with E-state index in [9.17, 15) is 0 Å². The lowest BCUT2D eigenvalue weighted by atomic mass is 10.1. The first kappa shape index (κ1) is 15.6. The van der Waals surface area contributed by atoms with Crippen molar-refractivity contribution in [3.8, 4) is 0 Å². The third-order valence-electron chi connectivity index (χ3n) is 5.70. The monoisotopic (exact) mass is 320 g/mol. The molecule has 3 aliphatic rings. The average Bonchev–Trinajstić information content (AvgIpc) is 3.18. The molecule has 2 aliphatic carbocycles. The fraction of sp³-hybridized carbons (Fsp3) is 0.833. The lowest BCUT2D eigenvalue weighted by molar-refractivity contribution is -0.0592. The second-order valence-corrected chi connectivity index (χ2v) is 7.57. The first-order chi connectivity index (χ1) is 11.2. The van der Waals surface area contributed by atoms with Crippen LogP contribution in [0.3, 0.4) is 0 Å². The number of morpholine rings is 1. The molecule has 128 valence electrons. The highest BCUT2D eigenvalue weighted by Gasteiger charge is 2.41. The fourth-order valence-electron chi connectivity index (χ4n) is 4.07. The summed E-state index contributed by atoms with van der Waals surface area (Å²) < 4.78 is 17.3. The van der Waals surface area contributed by atoms with Gasteiger partial charge in [-0.3, -0.25) is 4.90 Å². The van der Waals surface area contributed by atoms with Crippen LogP contribution in [0.1, 0.15) is 42.7 Å². The molecule has 1 aromatic rings. The Labute approximate surface area is 138 Å². The minimum Gasteiger partial charge on any atom is -0.381 e. The molecule has 0 spiro atoms. The van der Waals surface area contributed by atoms with Crippen molar-refractivity contribution in [1.82, 2.24) is 10.1 Å². The Morgan fingerprint density at radius 3 is 2.74 bits per heavy atom. The van der Waals surface area contributed by atoms with E-state index < -0.39 is 0 Å². The van der Waals surface area contributed by atoms with Crippen molar-refractivity contribution in [3.05, 3.63) is 17.0 Å². The maximum Gasteiger partial charge on any atom is 0.138 e. The summed E-state index contributed by atoms with van der Waals surface area (Å²) in [6.45, 7) is 8.69. The molecule has 0 N–H and O–H groups in total. The Morgan fingerprint density at radius 2 is 2.00 bits per heavy atom. The lowest BCUT2D eigenvalue weighted by Crippen LogP contribution is -2.48. The third-order valence-corrected chi connectivity index (χ3v) is 5.70. The highest BCUT2D eigenvalue weighted by atomic mass is 16.5. The largest absolute Gasteiger partial charge is 0.381 e. The number of aromatic nitrogens is 1. The van der Waals surface area contributed by atoms with Crippen LogP contribution in [0.5, 0.6) is 0 Å². The van der Waals surface area contributed by atoms with E-state index >= 15 is 0 Å². The predicted octanol–water partition coefficient (Wildman–Crippen LogP) is 2.70. The van der Waals surface area contributed by atoms with Crippen molar-refractivity contribution in [1.29, 1.82) is 0 Å². The molecule has 0 bridgehead atoms. The molecule has 0 amide bonds. The molecule has 1 aliphatic heterocycles. The Kier molecular flexibility index (Phi) is 4.43. The van der Waals surface area contributed by atoms with Gasteiger partial charge in [-0.05, 0) is 51.4 Å². The molecule has 5 nitrogen and oxygen atoms in total. The average molecular weight is 320 g/mol. The van der Waals surface area contributed by atoms with Gasteiger partial charge in [-0.15, -0.1) is 0 Å². The van der Waals surface area contributed by atoms with Gasteiger partial charge in [-0.25, -0.2) is 0 Å². The Balaban J connectivity index is 1.35. The van der Waals surface area contributed by atoms with Crippen LogP contribution in [-0.2, 0) is 16.0 Å². The van der Waals surface area contributed by atoms with Gasteiger partial charge in [0, 0.05) is 37.9 Å². The number of hydrogen-bond acceptors (Lipinski definition) is 5. The summed E-state index contributed by atoms with van der Waals surface area (Å²) in [5.41, 5.74) is 2.27. The molecule has 3 atom stereocenters. The number of aryl methyl sites for hydroxylation is 2. The highest BCUT2D eigenvalue weighted by molar-refractivity contribution is 5.21. The summed E-state index contributed by atoms with van der Waals surface area (Å²) in [7, 11) is 0. The summed E-state index contributed by atoms with van der Waals surface area (Å²) in [5.74, 6) is 2.45. The van der Waals surface area contributed by atoms with E-state index in [2.05, 4.69) is 10.1 Å². The van der Waals surface area contributed by atoms with Gasteiger partial charge in [0.15, 0.2) is 0 Å². The zero-order chi connectivity index (χ0) is 15.8. The molecule has 2 heterocycles. The zero-order valence-corrected chi connectivity index (χ0v) is 14.3. The normalized spacial score (nSPS) is 31.5. The van der Waals surface area contributed by atoms with Crippen LogP contribution >= 0.6 is 0 Å². The third kappa shape index (κ3) is 3.47.